The van der Waals surface area contributed by atoms with Crippen LogP contribution in [-0.4, -0.2) is 35.4 Å². The van der Waals surface area contributed by atoms with Crippen molar-refractivity contribution in [3.63, 3.8) is 0 Å². The van der Waals surface area contributed by atoms with Crippen molar-refractivity contribution in [2.24, 2.45) is 22.7 Å². The predicted octanol–water partition coefficient (Wildman–Crippen LogP) is 2.19. The van der Waals surface area contributed by atoms with Gasteiger partial charge < -0.3 is 15.8 Å². The van der Waals surface area contributed by atoms with Crippen LogP contribution in [0.25, 0.3) is 0 Å². The minimum Gasteiger partial charge on any atom is -0.409 e. The summed E-state index contributed by atoms with van der Waals surface area (Å²) in [5.74, 6) is 0.130. The number of nitrogens with two attached hydrogens (primary N) is 1. The van der Waals surface area contributed by atoms with Crippen LogP contribution in [0.3, 0.4) is 0 Å². The van der Waals surface area contributed by atoms with Crippen LogP contribution < -0.4 is 5.73 Å². The summed E-state index contributed by atoms with van der Waals surface area (Å²) in [5, 5.41) is 11.8. The van der Waals surface area contributed by atoms with Gasteiger partial charge in [0, 0.05) is 13.6 Å². The van der Waals surface area contributed by atoms with E-state index in [-0.39, 0.29) is 11.7 Å². The molecule has 0 aliphatic heterocycles. The second-order valence-corrected chi connectivity index (χ2v) is 5.59. The zero-order valence-electron chi connectivity index (χ0n) is 12.1. The Kier molecular flexibility index (Phi) is 6.67. The number of rotatable bonds is 6. The molecule has 1 fully saturated rings. The number of oxime groups is 1. The summed E-state index contributed by atoms with van der Waals surface area (Å²) in [6.45, 7) is 2.78. The van der Waals surface area contributed by atoms with Crippen molar-refractivity contribution in [1.82, 2.24) is 4.90 Å². The third-order valence-electron chi connectivity index (χ3n) is 3.98. The average molecular weight is 269 g/mol. The van der Waals surface area contributed by atoms with E-state index in [9.17, 15) is 4.79 Å². The molecule has 0 aromatic carbocycles. The van der Waals surface area contributed by atoms with Crippen molar-refractivity contribution in [3.05, 3.63) is 0 Å². The molecule has 1 rings (SSSR count). The molecule has 1 aliphatic carbocycles. The van der Waals surface area contributed by atoms with E-state index in [1.807, 2.05) is 14.0 Å². The van der Waals surface area contributed by atoms with Crippen molar-refractivity contribution in [2.75, 3.05) is 13.6 Å². The number of amidine groups is 1. The molecule has 0 aromatic rings. The second kappa shape index (κ2) is 8.02. The monoisotopic (exact) mass is 269 g/mol. The van der Waals surface area contributed by atoms with Gasteiger partial charge in [0.25, 0.3) is 0 Å². The Morgan fingerprint density at radius 1 is 1.42 bits per heavy atom. The number of amides is 1. The van der Waals surface area contributed by atoms with Crippen molar-refractivity contribution in [2.45, 2.75) is 51.9 Å². The van der Waals surface area contributed by atoms with E-state index < -0.39 is 5.92 Å². The lowest BCUT2D eigenvalue weighted by molar-refractivity contribution is -0.133. The van der Waals surface area contributed by atoms with Gasteiger partial charge in [-0.3, -0.25) is 4.79 Å². The number of carbonyl (C=O) groups excluding carboxylic acids is 1. The van der Waals surface area contributed by atoms with E-state index in [4.69, 9.17) is 10.9 Å². The molecule has 0 saturated heterocycles. The van der Waals surface area contributed by atoms with E-state index >= 15 is 0 Å². The SMILES string of the molecule is CCCC(C(=O)N(C)CC1CCCCC1)C(N)=NO. The lowest BCUT2D eigenvalue weighted by Crippen LogP contribution is -2.42. The Labute approximate surface area is 115 Å². The van der Waals surface area contributed by atoms with Crippen LogP contribution in [0.15, 0.2) is 5.16 Å². The van der Waals surface area contributed by atoms with Crippen LogP contribution in [0.1, 0.15) is 51.9 Å². The molecule has 0 bridgehead atoms. The summed E-state index contributed by atoms with van der Waals surface area (Å²) in [6, 6.07) is 0. The van der Waals surface area contributed by atoms with Crippen LogP contribution >= 0.6 is 0 Å². The minimum atomic E-state index is -0.483. The van der Waals surface area contributed by atoms with Gasteiger partial charge in [0.1, 0.15) is 0 Å². The van der Waals surface area contributed by atoms with Crippen LogP contribution in [0.4, 0.5) is 0 Å². The first-order chi connectivity index (χ1) is 9.10. The van der Waals surface area contributed by atoms with E-state index in [0.29, 0.717) is 12.3 Å². The molecule has 5 nitrogen and oxygen atoms in total. The van der Waals surface area contributed by atoms with Crippen molar-refractivity contribution < 1.29 is 10.0 Å². The summed E-state index contributed by atoms with van der Waals surface area (Å²) in [7, 11) is 1.82. The van der Waals surface area contributed by atoms with E-state index in [1.54, 1.807) is 4.90 Å². The summed E-state index contributed by atoms with van der Waals surface area (Å²) in [5.41, 5.74) is 5.63. The number of carbonyl (C=O) groups is 1. The smallest absolute Gasteiger partial charge is 0.233 e. The van der Waals surface area contributed by atoms with Gasteiger partial charge in [-0.05, 0) is 25.2 Å². The highest BCUT2D eigenvalue weighted by molar-refractivity contribution is 6.01. The Bertz CT molecular complexity index is 312. The highest BCUT2D eigenvalue weighted by Gasteiger charge is 2.27. The first-order valence-electron chi connectivity index (χ1n) is 7.32. The highest BCUT2D eigenvalue weighted by Crippen LogP contribution is 2.24. The Morgan fingerprint density at radius 3 is 2.58 bits per heavy atom. The fraction of sp³-hybridized carbons (Fsp3) is 0.857. The Balaban J connectivity index is 2.56. The van der Waals surface area contributed by atoms with Crippen molar-refractivity contribution in [3.8, 4) is 0 Å². The normalized spacial score (nSPS) is 19.2. The summed E-state index contributed by atoms with van der Waals surface area (Å²) in [4.78, 5) is 14.1. The maximum atomic E-state index is 12.4. The molecular formula is C14H27N3O2. The predicted molar refractivity (Wildman–Crippen MR) is 76.0 cm³/mol. The molecule has 0 spiro atoms. The molecule has 19 heavy (non-hydrogen) atoms. The number of hydrogen-bond donors (Lipinski definition) is 2. The third kappa shape index (κ3) is 4.73. The highest BCUT2D eigenvalue weighted by atomic mass is 16.4. The first-order valence-corrected chi connectivity index (χ1v) is 7.32. The summed E-state index contributed by atoms with van der Waals surface area (Å²) >= 11 is 0. The molecule has 0 radical (unpaired) electrons. The van der Waals surface area contributed by atoms with Crippen molar-refractivity contribution in [1.29, 1.82) is 0 Å². The van der Waals surface area contributed by atoms with Crippen LogP contribution in [0, 0.1) is 11.8 Å². The maximum absolute atomic E-state index is 12.4. The number of nitrogens with zero attached hydrogens (tertiary/aromatic N) is 2. The molecule has 1 amide bonds. The van der Waals surface area contributed by atoms with Crippen LogP contribution in [0.2, 0.25) is 0 Å². The average Bonchev–Trinajstić information content (AvgIpc) is 2.44. The fourth-order valence-electron chi connectivity index (χ4n) is 2.87. The van der Waals surface area contributed by atoms with Gasteiger partial charge in [-0.1, -0.05) is 37.8 Å². The van der Waals surface area contributed by atoms with Gasteiger partial charge in [-0.25, -0.2) is 0 Å². The molecule has 1 unspecified atom stereocenters. The topological polar surface area (TPSA) is 78.9 Å². The fourth-order valence-corrected chi connectivity index (χ4v) is 2.87. The van der Waals surface area contributed by atoms with E-state index in [2.05, 4.69) is 5.16 Å². The van der Waals surface area contributed by atoms with Crippen LogP contribution in [-0.2, 0) is 4.79 Å². The lowest BCUT2D eigenvalue weighted by atomic mass is 9.88. The second-order valence-electron chi connectivity index (χ2n) is 5.59. The van der Waals surface area contributed by atoms with Crippen molar-refractivity contribution >= 4 is 11.7 Å². The number of hydrogen-bond acceptors (Lipinski definition) is 3. The zero-order chi connectivity index (χ0) is 14.3. The van der Waals surface area contributed by atoms with Gasteiger partial charge in [-0.2, -0.15) is 0 Å². The van der Waals surface area contributed by atoms with Gasteiger partial charge in [0.15, 0.2) is 5.84 Å². The molecule has 5 heteroatoms. The molecular weight excluding hydrogens is 242 g/mol. The minimum absolute atomic E-state index is 0.0253. The molecule has 3 N–H and O–H groups in total. The maximum Gasteiger partial charge on any atom is 0.233 e. The quantitative estimate of drug-likeness (QED) is 0.336. The molecule has 0 aromatic heterocycles. The van der Waals surface area contributed by atoms with Gasteiger partial charge in [0.05, 0.1) is 5.92 Å². The molecule has 110 valence electrons. The van der Waals surface area contributed by atoms with Crippen LogP contribution in [0.5, 0.6) is 0 Å². The van der Waals surface area contributed by atoms with E-state index in [1.165, 1.54) is 32.1 Å². The summed E-state index contributed by atoms with van der Waals surface area (Å²) < 4.78 is 0. The zero-order valence-corrected chi connectivity index (χ0v) is 12.1. The van der Waals surface area contributed by atoms with Gasteiger partial charge in [0.2, 0.25) is 5.91 Å². The Hall–Kier alpha value is -1.26. The molecule has 0 heterocycles. The molecule has 1 atom stereocenters. The molecule has 1 saturated carbocycles. The van der Waals surface area contributed by atoms with Gasteiger partial charge in [-0.15, -0.1) is 0 Å². The third-order valence-corrected chi connectivity index (χ3v) is 3.98. The lowest BCUT2D eigenvalue weighted by Gasteiger charge is -2.29. The molecule has 1 aliphatic rings. The standard InChI is InChI=1S/C14H27N3O2/c1-3-7-12(13(15)16-19)14(18)17(2)10-11-8-5-4-6-9-11/h11-12,19H,3-10H2,1-2H3,(H2,15,16). The van der Waals surface area contributed by atoms with E-state index in [0.717, 1.165) is 13.0 Å². The largest absolute Gasteiger partial charge is 0.409 e. The van der Waals surface area contributed by atoms with Gasteiger partial charge >= 0.3 is 0 Å². The first kappa shape index (κ1) is 15.8. The summed E-state index contributed by atoms with van der Waals surface area (Å²) in [6.07, 6.45) is 7.74. The Morgan fingerprint density at radius 2 is 2.05 bits per heavy atom.